The summed E-state index contributed by atoms with van der Waals surface area (Å²) >= 11 is 0. The predicted octanol–water partition coefficient (Wildman–Crippen LogP) is 0.289. The lowest BCUT2D eigenvalue weighted by atomic mass is 10.1. The Bertz CT molecular complexity index is 658. The molecule has 8 heteroatoms. The number of carbonyl (C=O) groups is 1. The van der Waals surface area contributed by atoms with E-state index in [9.17, 15) is 4.79 Å². The molecule has 1 amide bonds. The molecule has 0 saturated carbocycles. The molecule has 1 aliphatic rings. The number of methoxy groups -OCH3 is 1. The first-order valence-electron chi connectivity index (χ1n) is 8.55. The maximum absolute atomic E-state index is 12.2. The van der Waals surface area contributed by atoms with Crippen molar-refractivity contribution in [1.29, 1.82) is 0 Å². The smallest absolute Gasteiger partial charge is 0.224 e. The molecule has 1 N–H and O–H groups in total. The van der Waals surface area contributed by atoms with Gasteiger partial charge in [-0.2, -0.15) is 0 Å². The van der Waals surface area contributed by atoms with Gasteiger partial charge in [-0.25, -0.2) is 4.68 Å². The van der Waals surface area contributed by atoms with Crippen molar-refractivity contribution in [3.05, 3.63) is 36.2 Å². The highest BCUT2D eigenvalue weighted by molar-refractivity contribution is 5.78. The first-order chi connectivity index (χ1) is 12.2. The Morgan fingerprint density at radius 2 is 2.20 bits per heavy atom. The largest absolute Gasteiger partial charge is 0.383 e. The first kappa shape index (κ1) is 17.5. The summed E-state index contributed by atoms with van der Waals surface area (Å²) in [5, 5.41) is 14.1. The number of rotatable bonds is 8. The standard InChI is InChI=1S/C17H24N6O2/c1-25-9-8-22-7-6-15(12-22)11-18-17(24)10-14-2-4-16(5-3-14)23-13-19-20-21-23/h2-5,13,15H,6-12H2,1H3,(H,18,24). The van der Waals surface area contributed by atoms with Crippen LogP contribution in [0, 0.1) is 5.92 Å². The Morgan fingerprint density at radius 3 is 2.92 bits per heavy atom. The second-order valence-corrected chi connectivity index (χ2v) is 6.35. The SMILES string of the molecule is COCCN1CCC(CNC(=O)Cc2ccc(-n3cnnn3)cc2)C1. The normalized spacial score (nSPS) is 17.7. The molecule has 0 bridgehead atoms. The Hall–Kier alpha value is -2.32. The van der Waals surface area contributed by atoms with E-state index in [1.807, 2.05) is 24.3 Å². The van der Waals surface area contributed by atoms with E-state index in [4.69, 9.17) is 4.74 Å². The minimum atomic E-state index is 0.0607. The van der Waals surface area contributed by atoms with E-state index in [0.29, 0.717) is 12.3 Å². The average molecular weight is 344 g/mol. The summed E-state index contributed by atoms with van der Waals surface area (Å²) in [6.07, 6.45) is 3.06. The van der Waals surface area contributed by atoms with Gasteiger partial charge in [-0.05, 0) is 47.0 Å². The number of hydrogen-bond acceptors (Lipinski definition) is 6. The summed E-state index contributed by atoms with van der Waals surface area (Å²) in [4.78, 5) is 14.5. The molecule has 0 spiro atoms. The highest BCUT2D eigenvalue weighted by Crippen LogP contribution is 2.15. The fourth-order valence-corrected chi connectivity index (χ4v) is 3.06. The van der Waals surface area contributed by atoms with Gasteiger partial charge >= 0.3 is 0 Å². The third kappa shape index (κ3) is 5.07. The molecule has 1 fully saturated rings. The monoisotopic (exact) mass is 344 g/mol. The summed E-state index contributed by atoms with van der Waals surface area (Å²) < 4.78 is 6.69. The maximum atomic E-state index is 12.2. The van der Waals surface area contributed by atoms with Gasteiger partial charge in [0.1, 0.15) is 6.33 Å². The number of ether oxygens (including phenoxy) is 1. The van der Waals surface area contributed by atoms with Gasteiger partial charge in [0.15, 0.2) is 0 Å². The molecule has 1 aromatic carbocycles. The maximum Gasteiger partial charge on any atom is 0.224 e. The Labute approximate surface area is 147 Å². The molecular formula is C17H24N6O2. The van der Waals surface area contributed by atoms with Crippen LogP contribution in [0.2, 0.25) is 0 Å². The molecule has 0 radical (unpaired) electrons. The van der Waals surface area contributed by atoms with Gasteiger partial charge in [-0.3, -0.25) is 4.79 Å². The summed E-state index contributed by atoms with van der Waals surface area (Å²) in [5.41, 5.74) is 1.85. The summed E-state index contributed by atoms with van der Waals surface area (Å²) in [6, 6.07) is 7.67. The van der Waals surface area contributed by atoms with E-state index in [0.717, 1.165) is 50.5 Å². The lowest BCUT2D eigenvalue weighted by Crippen LogP contribution is -2.32. The van der Waals surface area contributed by atoms with Gasteiger partial charge in [-0.15, -0.1) is 5.10 Å². The number of benzene rings is 1. The van der Waals surface area contributed by atoms with E-state index in [2.05, 4.69) is 25.7 Å². The van der Waals surface area contributed by atoms with Crippen LogP contribution in [0.15, 0.2) is 30.6 Å². The average Bonchev–Trinajstić information content (AvgIpc) is 3.31. The number of likely N-dealkylation sites (tertiary alicyclic amines) is 1. The molecule has 1 unspecified atom stereocenters. The minimum Gasteiger partial charge on any atom is -0.383 e. The number of aromatic nitrogens is 4. The lowest BCUT2D eigenvalue weighted by Gasteiger charge is -2.15. The molecule has 0 aliphatic carbocycles. The van der Waals surface area contributed by atoms with Crippen LogP contribution in [0.4, 0.5) is 0 Å². The zero-order valence-corrected chi connectivity index (χ0v) is 14.5. The third-order valence-electron chi connectivity index (χ3n) is 4.48. The fraction of sp³-hybridized carbons (Fsp3) is 0.529. The number of amides is 1. The predicted molar refractivity (Wildman–Crippen MR) is 92.3 cm³/mol. The van der Waals surface area contributed by atoms with Crippen molar-refractivity contribution in [2.24, 2.45) is 5.92 Å². The molecule has 25 heavy (non-hydrogen) atoms. The molecule has 134 valence electrons. The molecule has 1 atom stereocenters. The van der Waals surface area contributed by atoms with Gasteiger partial charge in [-0.1, -0.05) is 12.1 Å². The summed E-state index contributed by atoms with van der Waals surface area (Å²) in [5.74, 6) is 0.591. The molecule has 1 aromatic heterocycles. The molecule has 8 nitrogen and oxygen atoms in total. The van der Waals surface area contributed by atoms with E-state index in [-0.39, 0.29) is 5.91 Å². The third-order valence-corrected chi connectivity index (χ3v) is 4.48. The van der Waals surface area contributed by atoms with Crippen molar-refractivity contribution in [2.45, 2.75) is 12.8 Å². The zero-order chi connectivity index (χ0) is 17.5. The van der Waals surface area contributed by atoms with Crippen LogP contribution >= 0.6 is 0 Å². The molecule has 3 rings (SSSR count). The van der Waals surface area contributed by atoms with Gasteiger partial charge in [0, 0.05) is 26.7 Å². The van der Waals surface area contributed by atoms with Crippen molar-refractivity contribution >= 4 is 5.91 Å². The van der Waals surface area contributed by atoms with Crippen molar-refractivity contribution in [1.82, 2.24) is 30.4 Å². The number of nitrogens with one attached hydrogen (secondary N) is 1. The molecule has 2 heterocycles. The molecule has 2 aromatic rings. The van der Waals surface area contributed by atoms with Gasteiger partial charge < -0.3 is 15.0 Å². The highest BCUT2D eigenvalue weighted by Gasteiger charge is 2.22. The fourth-order valence-electron chi connectivity index (χ4n) is 3.06. The summed E-state index contributed by atoms with van der Waals surface area (Å²) in [7, 11) is 1.73. The van der Waals surface area contributed by atoms with E-state index < -0.39 is 0 Å². The molecule has 1 aliphatic heterocycles. The van der Waals surface area contributed by atoms with Crippen LogP contribution in [0.5, 0.6) is 0 Å². The number of nitrogens with zero attached hydrogens (tertiary/aromatic N) is 5. The second kappa shape index (κ2) is 8.68. The molecule has 1 saturated heterocycles. The zero-order valence-electron chi connectivity index (χ0n) is 14.5. The Kier molecular flexibility index (Phi) is 6.08. The van der Waals surface area contributed by atoms with Gasteiger partial charge in [0.2, 0.25) is 5.91 Å². The van der Waals surface area contributed by atoms with Crippen molar-refractivity contribution in [2.75, 3.05) is 39.9 Å². The number of hydrogen-bond donors (Lipinski definition) is 1. The minimum absolute atomic E-state index is 0.0607. The van der Waals surface area contributed by atoms with Gasteiger partial charge in [0.25, 0.3) is 0 Å². The number of tetrazole rings is 1. The lowest BCUT2D eigenvalue weighted by molar-refractivity contribution is -0.120. The van der Waals surface area contributed by atoms with Crippen molar-refractivity contribution in [3.8, 4) is 5.69 Å². The van der Waals surface area contributed by atoms with Crippen LogP contribution in [-0.4, -0.2) is 70.9 Å². The van der Waals surface area contributed by atoms with Crippen LogP contribution in [0.3, 0.4) is 0 Å². The van der Waals surface area contributed by atoms with Crippen LogP contribution in [-0.2, 0) is 16.0 Å². The van der Waals surface area contributed by atoms with Crippen LogP contribution in [0.1, 0.15) is 12.0 Å². The highest BCUT2D eigenvalue weighted by atomic mass is 16.5. The van der Waals surface area contributed by atoms with E-state index in [1.165, 1.54) is 0 Å². The quantitative estimate of drug-likeness (QED) is 0.741. The molecular weight excluding hydrogens is 320 g/mol. The second-order valence-electron chi connectivity index (χ2n) is 6.35. The van der Waals surface area contributed by atoms with Crippen molar-refractivity contribution < 1.29 is 9.53 Å². The first-order valence-corrected chi connectivity index (χ1v) is 8.55. The van der Waals surface area contributed by atoms with Crippen molar-refractivity contribution in [3.63, 3.8) is 0 Å². The topological polar surface area (TPSA) is 85.2 Å². The van der Waals surface area contributed by atoms with Crippen LogP contribution < -0.4 is 5.32 Å². The summed E-state index contributed by atoms with van der Waals surface area (Å²) in [6.45, 7) is 4.59. The Balaban J connectivity index is 1.41. The Morgan fingerprint density at radius 1 is 1.36 bits per heavy atom. The van der Waals surface area contributed by atoms with E-state index >= 15 is 0 Å². The van der Waals surface area contributed by atoms with Crippen LogP contribution in [0.25, 0.3) is 5.69 Å². The van der Waals surface area contributed by atoms with Gasteiger partial charge in [0.05, 0.1) is 18.7 Å². The van der Waals surface area contributed by atoms with E-state index in [1.54, 1.807) is 18.1 Å². The number of carbonyl (C=O) groups excluding carboxylic acids is 1.